The first-order valence-electron chi connectivity index (χ1n) is 17.2. The number of imidazole rings is 1. The van der Waals surface area contributed by atoms with E-state index in [2.05, 4.69) is 135 Å². The molecule has 0 aliphatic heterocycles. The third-order valence-electron chi connectivity index (χ3n) is 10.6. The Morgan fingerprint density at radius 1 is 0.489 bits per heavy atom. The number of aryl methyl sites for hydroxylation is 2. The number of hydrogen-bond acceptors (Lipinski definition) is 1. The maximum Gasteiger partial charge on any atom is 0.137 e. The first kappa shape index (κ1) is 26.8. The highest BCUT2D eigenvalue weighted by atomic mass is 15.0. The van der Waals surface area contributed by atoms with Gasteiger partial charge in [-0.15, -0.1) is 0 Å². The fourth-order valence-corrected chi connectivity index (χ4v) is 8.64. The van der Waals surface area contributed by atoms with Crippen LogP contribution in [-0.2, 0) is 25.7 Å². The number of nitrogens with zero attached hydrogens (tertiary/aromatic N) is 4. The smallest absolute Gasteiger partial charge is 0.137 e. The minimum absolute atomic E-state index is 0.959. The topological polar surface area (TPSA) is 27.2 Å². The lowest BCUT2D eigenvalue weighted by atomic mass is 9.95. The molecule has 10 rings (SSSR count). The van der Waals surface area contributed by atoms with Crippen LogP contribution in [-0.4, -0.2) is 18.5 Å². The van der Waals surface area contributed by atoms with Crippen molar-refractivity contribution in [2.45, 2.75) is 51.4 Å². The second-order valence-corrected chi connectivity index (χ2v) is 13.3. The van der Waals surface area contributed by atoms with E-state index in [1.54, 1.807) is 0 Å². The first-order valence-corrected chi connectivity index (χ1v) is 17.2. The summed E-state index contributed by atoms with van der Waals surface area (Å²) in [6, 6.07) is 42.4. The summed E-state index contributed by atoms with van der Waals surface area (Å²) < 4.78 is 7.40. The SMILES string of the molecule is c1ccc(-c2c(-c3cc(-n4c5c(c6ccccc64)CCCC5)cc(-n4c5c(c6ccccc64)CCCC5)c3)nc3ccccn23)cc1. The Bertz CT molecular complexity index is 2360. The molecule has 0 saturated carbocycles. The molecule has 47 heavy (non-hydrogen) atoms. The molecular weight excluding hydrogens is 573 g/mol. The Kier molecular flexibility index (Phi) is 6.05. The molecule has 0 atom stereocenters. The molecule has 4 heteroatoms. The molecule has 0 radical (unpaired) electrons. The van der Waals surface area contributed by atoms with E-state index in [0.717, 1.165) is 48.3 Å². The van der Waals surface area contributed by atoms with Gasteiger partial charge in [-0.25, -0.2) is 4.98 Å². The van der Waals surface area contributed by atoms with E-state index in [-0.39, 0.29) is 0 Å². The lowest BCUT2D eigenvalue weighted by molar-refractivity contribution is 0.665. The molecular formula is C43H36N4. The van der Waals surface area contributed by atoms with E-state index in [1.165, 1.54) is 86.9 Å². The van der Waals surface area contributed by atoms with Crippen LogP contribution in [0.2, 0.25) is 0 Å². The Labute approximate surface area is 274 Å². The van der Waals surface area contributed by atoms with Crippen LogP contribution in [0.5, 0.6) is 0 Å². The summed E-state index contributed by atoms with van der Waals surface area (Å²) in [5.74, 6) is 0. The molecule has 4 aromatic carbocycles. The number of aromatic nitrogens is 4. The zero-order valence-electron chi connectivity index (χ0n) is 26.5. The van der Waals surface area contributed by atoms with Crippen molar-refractivity contribution < 1.29 is 0 Å². The molecule has 8 aromatic rings. The van der Waals surface area contributed by atoms with Gasteiger partial charge in [-0.2, -0.15) is 0 Å². The van der Waals surface area contributed by atoms with E-state index in [0.29, 0.717) is 0 Å². The lowest BCUT2D eigenvalue weighted by Gasteiger charge is -2.20. The largest absolute Gasteiger partial charge is 0.313 e. The van der Waals surface area contributed by atoms with Crippen molar-refractivity contribution >= 4 is 27.5 Å². The van der Waals surface area contributed by atoms with Crippen molar-refractivity contribution in [3.05, 3.63) is 144 Å². The summed E-state index contributed by atoms with van der Waals surface area (Å²) in [6.45, 7) is 0. The maximum atomic E-state index is 5.35. The Morgan fingerprint density at radius 2 is 1.04 bits per heavy atom. The minimum Gasteiger partial charge on any atom is -0.313 e. The highest BCUT2D eigenvalue weighted by Crippen LogP contribution is 2.41. The standard InChI is InChI=1S/C43H36N4/c1-2-14-29(15-3-1)43-42(44-41-24-12-13-25-45(41)43)30-26-31(46-37-20-8-4-16-33(37)34-17-5-9-21-38(34)46)28-32(27-30)47-39-22-10-6-18-35(39)36-19-7-11-23-40(36)47/h1-4,6,8,10,12-16,18,20,22,24-28H,5,7,9,11,17,19,21,23H2. The summed E-state index contributed by atoms with van der Waals surface area (Å²) in [7, 11) is 0. The van der Waals surface area contributed by atoms with Crippen LogP contribution in [0.1, 0.15) is 48.2 Å². The predicted octanol–water partition coefficient (Wildman–Crippen LogP) is 10.3. The van der Waals surface area contributed by atoms with Gasteiger partial charge in [-0.05, 0) is 105 Å². The number of pyridine rings is 1. The fraction of sp³-hybridized carbons (Fsp3) is 0.186. The summed E-state index contributed by atoms with van der Waals surface area (Å²) in [4.78, 5) is 5.35. The Morgan fingerprint density at radius 3 is 1.68 bits per heavy atom. The molecule has 228 valence electrons. The number of rotatable bonds is 4. The summed E-state index contributed by atoms with van der Waals surface area (Å²) in [5.41, 5.74) is 16.5. The van der Waals surface area contributed by atoms with Crippen molar-refractivity contribution in [1.82, 2.24) is 18.5 Å². The molecule has 0 spiro atoms. The van der Waals surface area contributed by atoms with Crippen LogP contribution < -0.4 is 0 Å². The van der Waals surface area contributed by atoms with E-state index < -0.39 is 0 Å². The molecule has 0 bridgehead atoms. The van der Waals surface area contributed by atoms with Crippen molar-refractivity contribution in [2.75, 3.05) is 0 Å². The van der Waals surface area contributed by atoms with E-state index in [1.807, 2.05) is 0 Å². The molecule has 2 aliphatic rings. The highest BCUT2D eigenvalue weighted by Gasteiger charge is 2.25. The third-order valence-corrected chi connectivity index (χ3v) is 10.6. The van der Waals surface area contributed by atoms with Gasteiger partial charge in [-0.1, -0.05) is 72.8 Å². The van der Waals surface area contributed by atoms with Gasteiger partial charge >= 0.3 is 0 Å². The number of para-hydroxylation sites is 2. The highest BCUT2D eigenvalue weighted by molar-refractivity contribution is 5.91. The van der Waals surface area contributed by atoms with Crippen LogP contribution in [0, 0.1) is 0 Å². The predicted molar refractivity (Wildman–Crippen MR) is 193 cm³/mol. The van der Waals surface area contributed by atoms with Crippen molar-refractivity contribution in [2.24, 2.45) is 0 Å². The summed E-state index contributed by atoms with van der Waals surface area (Å²) in [5, 5.41) is 2.80. The first-order chi connectivity index (χ1) is 23.3. The molecule has 2 aliphatic carbocycles. The monoisotopic (exact) mass is 608 g/mol. The van der Waals surface area contributed by atoms with Gasteiger partial charge in [0.2, 0.25) is 0 Å². The molecule has 0 saturated heterocycles. The van der Waals surface area contributed by atoms with Crippen molar-refractivity contribution in [3.8, 4) is 33.9 Å². The molecule has 4 aromatic heterocycles. The Hall–Kier alpha value is -5.35. The van der Waals surface area contributed by atoms with Gasteiger partial charge in [0, 0.05) is 50.9 Å². The number of benzene rings is 4. The van der Waals surface area contributed by atoms with E-state index >= 15 is 0 Å². The minimum atomic E-state index is 0.959. The van der Waals surface area contributed by atoms with Crippen LogP contribution in [0.3, 0.4) is 0 Å². The zero-order chi connectivity index (χ0) is 30.9. The second kappa shape index (κ2) is 10.6. The van der Waals surface area contributed by atoms with Crippen LogP contribution in [0.4, 0.5) is 0 Å². The van der Waals surface area contributed by atoms with Crippen LogP contribution in [0.25, 0.3) is 61.3 Å². The molecule has 0 unspecified atom stereocenters. The summed E-state index contributed by atoms with van der Waals surface area (Å²) in [6.07, 6.45) is 11.6. The van der Waals surface area contributed by atoms with E-state index in [9.17, 15) is 0 Å². The van der Waals surface area contributed by atoms with Gasteiger partial charge < -0.3 is 9.13 Å². The third kappa shape index (κ3) is 4.10. The molecule has 4 heterocycles. The van der Waals surface area contributed by atoms with Crippen LogP contribution in [0.15, 0.2) is 121 Å². The number of hydrogen-bond donors (Lipinski definition) is 0. The van der Waals surface area contributed by atoms with Gasteiger partial charge in [-0.3, -0.25) is 4.40 Å². The molecule has 0 fully saturated rings. The fourth-order valence-electron chi connectivity index (χ4n) is 8.64. The average Bonchev–Trinajstić information content (AvgIpc) is 3.80. The van der Waals surface area contributed by atoms with Crippen LogP contribution >= 0.6 is 0 Å². The van der Waals surface area contributed by atoms with E-state index in [4.69, 9.17) is 4.98 Å². The zero-order valence-corrected chi connectivity index (χ0v) is 26.5. The number of fused-ring (bicyclic) bond motifs is 7. The average molecular weight is 609 g/mol. The summed E-state index contributed by atoms with van der Waals surface area (Å²) >= 11 is 0. The molecule has 4 nitrogen and oxygen atoms in total. The quantitative estimate of drug-likeness (QED) is 0.195. The molecule has 0 amide bonds. The normalized spacial score (nSPS) is 14.6. The van der Waals surface area contributed by atoms with Gasteiger partial charge in [0.05, 0.1) is 22.4 Å². The van der Waals surface area contributed by atoms with Gasteiger partial charge in [0.25, 0.3) is 0 Å². The Balaban J connectivity index is 1.32. The maximum absolute atomic E-state index is 5.35. The van der Waals surface area contributed by atoms with Gasteiger partial charge in [0.1, 0.15) is 5.65 Å². The lowest BCUT2D eigenvalue weighted by Crippen LogP contribution is -2.09. The second-order valence-electron chi connectivity index (χ2n) is 13.3. The van der Waals surface area contributed by atoms with Gasteiger partial charge in [0.15, 0.2) is 0 Å². The van der Waals surface area contributed by atoms with Crippen molar-refractivity contribution in [1.29, 1.82) is 0 Å². The molecule has 0 N–H and O–H groups in total. The van der Waals surface area contributed by atoms with Crippen molar-refractivity contribution in [3.63, 3.8) is 0 Å².